The molecule has 4 aromatic rings. The molecular weight excluding hydrogens is 508 g/mol. The molecule has 1 heterocycles. The molecular formula is C24H17ClF4N2O3S. The van der Waals surface area contributed by atoms with Gasteiger partial charge >= 0.3 is 6.18 Å². The summed E-state index contributed by atoms with van der Waals surface area (Å²) in [6.07, 6.45) is -4.46. The summed E-state index contributed by atoms with van der Waals surface area (Å²) in [5.41, 5.74) is -0.518. The molecule has 0 unspecified atom stereocenters. The van der Waals surface area contributed by atoms with Crippen LogP contribution in [0.2, 0.25) is 5.02 Å². The number of aromatic nitrogens is 1. The smallest absolute Gasteiger partial charge is 0.322 e. The molecule has 0 bridgehead atoms. The third-order valence-electron chi connectivity index (χ3n) is 5.34. The largest absolute Gasteiger partial charge is 0.417 e. The highest BCUT2D eigenvalue weighted by Gasteiger charge is 2.33. The molecule has 2 N–H and O–H groups in total. The van der Waals surface area contributed by atoms with Crippen LogP contribution in [0, 0.1) is 5.82 Å². The first-order chi connectivity index (χ1) is 16.4. The number of fused-ring (bicyclic) bond motifs is 1. The molecule has 0 aliphatic rings. The normalized spacial score (nSPS) is 12.3. The number of alkyl halides is 3. The molecule has 0 aliphatic heterocycles. The molecule has 35 heavy (non-hydrogen) atoms. The second-order valence-electron chi connectivity index (χ2n) is 7.78. The van der Waals surface area contributed by atoms with Gasteiger partial charge in [0.2, 0.25) is 15.6 Å². The third-order valence-corrected chi connectivity index (χ3v) is 7.05. The van der Waals surface area contributed by atoms with E-state index in [9.17, 15) is 30.8 Å². The van der Waals surface area contributed by atoms with Gasteiger partial charge in [-0.15, -0.1) is 0 Å². The zero-order valence-corrected chi connectivity index (χ0v) is 19.4. The predicted molar refractivity (Wildman–Crippen MR) is 124 cm³/mol. The van der Waals surface area contributed by atoms with Gasteiger partial charge in [0.05, 0.1) is 15.5 Å². The Morgan fingerprint density at radius 1 is 0.943 bits per heavy atom. The van der Waals surface area contributed by atoms with E-state index in [4.69, 9.17) is 11.6 Å². The monoisotopic (exact) mass is 524 g/mol. The lowest BCUT2D eigenvalue weighted by atomic mass is 10.0. The average Bonchev–Trinajstić information content (AvgIpc) is 2.79. The summed E-state index contributed by atoms with van der Waals surface area (Å²) in [6, 6.07) is 14.9. The minimum absolute atomic E-state index is 0.0564. The number of aromatic amines is 1. The van der Waals surface area contributed by atoms with Crippen LogP contribution in [0.5, 0.6) is 0 Å². The molecule has 0 amide bonds. The number of rotatable bonds is 6. The summed E-state index contributed by atoms with van der Waals surface area (Å²) in [4.78, 5) is 13.9. The molecule has 0 saturated carbocycles. The zero-order chi connectivity index (χ0) is 25.4. The second-order valence-corrected chi connectivity index (χ2v) is 9.96. The molecule has 182 valence electrons. The van der Waals surface area contributed by atoms with E-state index in [1.54, 1.807) is 6.07 Å². The van der Waals surface area contributed by atoms with Gasteiger partial charge in [-0.3, -0.25) is 4.79 Å². The zero-order valence-electron chi connectivity index (χ0n) is 17.8. The summed E-state index contributed by atoms with van der Waals surface area (Å²) in [5, 5.41) is -0.250. The van der Waals surface area contributed by atoms with Crippen molar-refractivity contribution in [3.05, 3.63) is 110 Å². The maximum Gasteiger partial charge on any atom is 0.417 e. The molecule has 0 saturated heterocycles. The molecule has 0 aliphatic carbocycles. The van der Waals surface area contributed by atoms with Crippen molar-refractivity contribution in [1.82, 2.24) is 9.71 Å². The fraction of sp³-hybridized carbons (Fsp3) is 0.125. The predicted octanol–water partition coefficient (Wildman–Crippen LogP) is 5.41. The Kier molecular flexibility index (Phi) is 6.72. The van der Waals surface area contributed by atoms with Gasteiger partial charge < -0.3 is 4.98 Å². The molecule has 11 heteroatoms. The molecule has 1 aromatic heterocycles. The summed E-state index contributed by atoms with van der Waals surface area (Å²) in [7, 11) is -3.95. The third kappa shape index (κ3) is 5.55. The number of H-pyrrole nitrogens is 1. The molecule has 3 aromatic carbocycles. The number of sulfonamides is 1. The van der Waals surface area contributed by atoms with Gasteiger partial charge in [0, 0.05) is 29.1 Å². The first kappa shape index (κ1) is 24.9. The van der Waals surface area contributed by atoms with E-state index in [-0.39, 0.29) is 39.4 Å². The van der Waals surface area contributed by atoms with E-state index in [1.165, 1.54) is 54.6 Å². The van der Waals surface area contributed by atoms with Crippen LogP contribution in [0.1, 0.15) is 22.3 Å². The minimum Gasteiger partial charge on any atom is -0.322 e. The van der Waals surface area contributed by atoms with Crippen LogP contribution in [0.25, 0.3) is 10.9 Å². The highest BCUT2D eigenvalue weighted by atomic mass is 35.5. The molecule has 4 rings (SSSR count). The van der Waals surface area contributed by atoms with Gasteiger partial charge in [0.1, 0.15) is 5.82 Å². The van der Waals surface area contributed by atoms with Crippen molar-refractivity contribution in [3.63, 3.8) is 0 Å². The first-order valence-electron chi connectivity index (χ1n) is 10.2. The molecule has 0 spiro atoms. The summed E-state index contributed by atoms with van der Waals surface area (Å²) < 4.78 is 81.6. The van der Waals surface area contributed by atoms with E-state index in [2.05, 4.69) is 9.71 Å². The fourth-order valence-corrected chi connectivity index (χ4v) is 4.81. The maximum absolute atomic E-state index is 14.0. The van der Waals surface area contributed by atoms with E-state index in [0.29, 0.717) is 17.2 Å². The van der Waals surface area contributed by atoms with Crippen LogP contribution in [0.15, 0.2) is 76.4 Å². The highest BCUT2D eigenvalue weighted by Crippen LogP contribution is 2.33. The lowest BCUT2D eigenvalue weighted by Gasteiger charge is -2.12. The van der Waals surface area contributed by atoms with Crippen molar-refractivity contribution in [2.75, 3.05) is 0 Å². The van der Waals surface area contributed by atoms with Crippen molar-refractivity contribution < 1.29 is 26.0 Å². The van der Waals surface area contributed by atoms with Crippen LogP contribution >= 0.6 is 11.6 Å². The van der Waals surface area contributed by atoms with Gasteiger partial charge in [-0.25, -0.2) is 17.5 Å². The SMILES string of the molecule is O=c1cc(C(F)(F)F)c2cc(Cc3ccc(S(=O)(=O)NCc4cccc(Cl)c4F)cc3)ccc2[nH]1. The van der Waals surface area contributed by atoms with E-state index in [1.807, 2.05) is 0 Å². The Morgan fingerprint density at radius 3 is 2.31 bits per heavy atom. The molecule has 0 fully saturated rings. The van der Waals surface area contributed by atoms with Crippen molar-refractivity contribution in [1.29, 1.82) is 0 Å². The lowest BCUT2D eigenvalue weighted by Crippen LogP contribution is -2.23. The lowest BCUT2D eigenvalue weighted by molar-refractivity contribution is -0.136. The Balaban J connectivity index is 1.53. The van der Waals surface area contributed by atoms with E-state index in [0.717, 1.165) is 0 Å². The van der Waals surface area contributed by atoms with Crippen molar-refractivity contribution in [2.24, 2.45) is 0 Å². The Bertz CT molecular complexity index is 1570. The Morgan fingerprint density at radius 2 is 1.63 bits per heavy atom. The summed E-state index contributed by atoms with van der Waals surface area (Å²) in [5.74, 6) is -0.708. The Hall–Kier alpha value is -3.21. The van der Waals surface area contributed by atoms with Gasteiger partial charge in [-0.2, -0.15) is 13.2 Å². The van der Waals surface area contributed by atoms with Gasteiger partial charge in [0.25, 0.3) is 0 Å². The summed E-state index contributed by atoms with van der Waals surface area (Å²) in [6.45, 7) is -0.294. The molecule has 5 nitrogen and oxygen atoms in total. The van der Waals surface area contributed by atoms with Crippen LogP contribution in [-0.2, 0) is 29.2 Å². The van der Waals surface area contributed by atoms with Crippen LogP contribution in [-0.4, -0.2) is 13.4 Å². The number of hydrogen-bond donors (Lipinski definition) is 2. The summed E-state index contributed by atoms with van der Waals surface area (Å²) >= 11 is 5.71. The van der Waals surface area contributed by atoms with Crippen LogP contribution in [0.3, 0.4) is 0 Å². The molecule has 0 atom stereocenters. The standard InChI is InChI=1S/C24H17ClF4N2O3S/c25-20-3-1-2-16(23(20)26)13-30-35(33,34)17-7-4-14(5-8-17)10-15-6-9-21-18(11-15)19(24(27,28)29)12-22(32)31-21/h1-9,11-12,30H,10,13H2,(H,31,32). The van der Waals surface area contributed by atoms with Gasteiger partial charge in [-0.1, -0.05) is 41.9 Å². The minimum atomic E-state index is -4.69. The maximum atomic E-state index is 14.0. The van der Waals surface area contributed by atoms with Crippen LogP contribution < -0.4 is 10.3 Å². The van der Waals surface area contributed by atoms with Gasteiger partial charge in [0.15, 0.2) is 0 Å². The number of hydrogen-bond acceptors (Lipinski definition) is 3. The van der Waals surface area contributed by atoms with E-state index < -0.39 is 33.1 Å². The topological polar surface area (TPSA) is 79.0 Å². The molecule has 0 radical (unpaired) electrons. The number of halogens is 5. The number of nitrogens with one attached hydrogen (secondary N) is 2. The number of benzene rings is 3. The van der Waals surface area contributed by atoms with Crippen LogP contribution in [0.4, 0.5) is 17.6 Å². The first-order valence-corrected chi connectivity index (χ1v) is 12.0. The fourth-order valence-electron chi connectivity index (χ4n) is 3.61. The van der Waals surface area contributed by atoms with Crippen molar-refractivity contribution in [2.45, 2.75) is 24.0 Å². The Labute approximate surface area is 202 Å². The van der Waals surface area contributed by atoms with Gasteiger partial charge in [-0.05, 0) is 47.9 Å². The van der Waals surface area contributed by atoms with Crippen molar-refractivity contribution in [3.8, 4) is 0 Å². The second kappa shape index (κ2) is 9.44. The highest BCUT2D eigenvalue weighted by molar-refractivity contribution is 7.89. The number of pyridine rings is 1. The average molecular weight is 525 g/mol. The quantitative estimate of drug-likeness (QED) is 0.331. The van der Waals surface area contributed by atoms with Crippen molar-refractivity contribution >= 4 is 32.5 Å². The van der Waals surface area contributed by atoms with E-state index >= 15 is 0 Å².